The fourth-order valence-corrected chi connectivity index (χ4v) is 11.5. The molecule has 0 fully saturated rings. The molecule has 0 aliphatic heterocycles. The summed E-state index contributed by atoms with van der Waals surface area (Å²) in [6.45, 7) is 13.6. The summed E-state index contributed by atoms with van der Waals surface area (Å²) in [6, 6.07) is 76.4. The van der Waals surface area contributed by atoms with E-state index < -0.39 is 22.2 Å². The predicted molar refractivity (Wildman–Crippen MR) is 451 cm³/mol. The Bertz CT molecular complexity index is 5890. The van der Waals surface area contributed by atoms with E-state index in [1.807, 2.05) is 135 Å². The summed E-state index contributed by atoms with van der Waals surface area (Å²) in [4.78, 5) is 117. The molecule has 0 saturated carbocycles. The Morgan fingerprint density at radius 3 is 1.09 bits per heavy atom. The molecule has 6 heterocycles. The Labute approximate surface area is 704 Å². The van der Waals surface area contributed by atoms with E-state index in [2.05, 4.69) is 77.7 Å². The lowest BCUT2D eigenvalue weighted by Gasteiger charge is -2.13. The van der Waals surface area contributed by atoms with Gasteiger partial charge in [-0.15, -0.1) is 0 Å². The third-order valence-electron chi connectivity index (χ3n) is 17.1. The second-order valence-corrected chi connectivity index (χ2v) is 26.9. The van der Waals surface area contributed by atoms with Crippen LogP contribution >= 0.6 is 34.8 Å². The summed E-state index contributed by atoms with van der Waals surface area (Å²) in [7, 11) is 0. The van der Waals surface area contributed by atoms with Gasteiger partial charge in [0.1, 0.15) is 39.2 Å². The van der Waals surface area contributed by atoms with E-state index in [0.717, 1.165) is 39.9 Å². The van der Waals surface area contributed by atoms with Crippen LogP contribution in [0.1, 0.15) is 99.6 Å². The number of nitro groups is 2. The molecule has 30 nitrogen and oxygen atoms in total. The maximum Gasteiger partial charge on any atom is 0.373 e. The van der Waals surface area contributed by atoms with Crippen LogP contribution in [0.15, 0.2) is 282 Å². The fraction of sp³-hybridized carbons (Fsp3) is 0.148. The number of rotatable bonds is 17. The van der Waals surface area contributed by atoms with E-state index in [0.29, 0.717) is 109 Å². The van der Waals surface area contributed by atoms with E-state index >= 15 is 0 Å². The highest BCUT2D eigenvalue weighted by Crippen LogP contribution is 2.36. The molecule has 6 aromatic heterocycles. The summed E-state index contributed by atoms with van der Waals surface area (Å²) in [6.07, 6.45) is 2.62. The first-order valence-electron chi connectivity index (χ1n) is 36.6. The minimum atomic E-state index is -0.635. The highest BCUT2D eigenvalue weighted by molar-refractivity contribution is 6.65. The monoisotopic (exact) mass is 1690 g/mol. The summed E-state index contributed by atoms with van der Waals surface area (Å²) in [5, 5.41) is 48.6. The van der Waals surface area contributed by atoms with Crippen LogP contribution in [-0.4, -0.2) is 90.7 Å². The largest absolute Gasteiger partial charge is 0.410 e. The zero-order valence-corrected chi connectivity index (χ0v) is 67.9. The van der Waals surface area contributed by atoms with Crippen LogP contribution in [0.2, 0.25) is 10.0 Å². The number of benzene rings is 9. The van der Waals surface area contributed by atoms with Gasteiger partial charge in [0, 0.05) is 60.3 Å². The topological polar surface area (TPSA) is 438 Å². The van der Waals surface area contributed by atoms with Crippen LogP contribution in [0.4, 0.5) is 11.4 Å². The van der Waals surface area contributed by atoms with Crippen molar-refractivity contribution in [2.24, 2.45) is 5.16 Å². The van der Waals surface area contributed by atoms with E-state index in [4.69, 9.17) is 103 Å². The molecule has 0 unspecified atom stereocenters. The number of nitrogens with two attached hydrogens (primary N) is 1. The first-order valence-corrected chi connectivity index (χ1v) is 37.7. The average Bonchev–Trinajstić information content (AvgIpc) is 1.72. The molecule has 0 atom stereocenters. The molecule has 15 aromatic rings. The number of ketones is 1. The Balaban J connectivity index is 0.000000209. The number of halogens is 3. The lowest BCUT2D eigenvalue weighted by molar-refractivity contribution is -0.465. The van der Waals surface area contributed by atoms with Gasteiger partial charge in [-0.05, 0) is 84.3 Å². The van der Waals surface area contributed by atoms with Crippen molar-refractivity contribution in [2.75, 3.05) is 12.3 Å². The van der Waals surface area contributed by atoms with Crippen molar-refractivity contribution in [1.82, 2.24) is 39.7 Å². The third kappa shape index (κ3) is 25.4. The Morgan fingerprint density at radius 1 is 0.463 bits per heavy atom. The van der Waals surface area contributed by atoms with E-state index in [-0.39, 0.29) is 57.2 Å². The van der Waals surface area contributed by atoms with Gasteiger partial charge in [-0.1, -0.05) is 309 Å². The zero-order valence-electron chi connectivity index (χ0n) is 65.7. The van der Waals surface area contributed by atoms with Crippen LogP contribution in [-0.2, 0) is 41.6 Å². The Morgan fingerprint density at radius 2 is 0.785 bits per heavy atom. The molecule has 15 rings (SSSR count). The van der Waals surface area contributed by atoms with Crippen molar-refractivity contribution in [1.29, 1.82) is 0 Å². The minimum absolute atomic E-state index is 0.0336. The number of fused-ring (bicyclic) bond motifs is 2. The highest BCUT2D eigenvalue weighted by atomic mass is 35.5. The minimum Gasteiger partial charge on any atom is -0.410 e. The van der Waals surface area contributed by atoms with Crippen molar-refractivity contribution < 1.29 is 66.7 Å². The number of hydrogen-bond acceptors (Lipinski definition) is 26. The second-order valence-electron chi connectivity index (χ2n) is 25.5. The summed E-state index contributed by atoms with van der Waals surface area (Å²) >= 11 is 17.3. The van der Waals surface area contributed by atoms with E-state index in [1.165, 1.54) is 11.1 Å². The number of aromatic nitrogens is 8. The molecule has 0 aliphatic carbocycles. The molecule has 33 heteroatoms. The lowest BCUT2D eigenvalue weighted by atomic mass is 10.0. The molecule has 616 valence electrons. The first-order chi connectivity index (χ1) is 58.4. The average molecular weight is 1690 g/mol. The number of Topliss-reactive ketones (excluding diaryl/α,β-unsaturated/α-hetero) is 1. The van der Waals surface area contributed by atoms with Gasteiger partial charge in [-0.2, -0.15) is 28.8 Å². The Kier molecular flexibility index (Phi) is 36.3. The van der Waals surface area contributed by atoms with Crippen molar-refractivity contribution >= 4 is 97.7 Å². The number of carbonyl (C=O) groups is 1. The second kappa shape index (κ2) is 47.2. The summed E-state index contributed by atoms with van der Waals surface area (Å²) < 4.78 is 24.5. The maximum absolute atomic E-state index is 13.6. The smallest absolute Gasteiger partial charge is 0.373 e. The molecular weight excluding hydrogens is 1620 g/mol. The fourth-order valence-electron chi connectivity index (χ4n) is 11.2. The predicted octanol–water partition coefficient (Wildman–Crippen LogP) is 19.1. The number of oxime groups is 1. The van der Waals surface area contributed by atoms with E-state index in [1.54, 1.807) is 119 Å². The third-order valence-corrected chi connectivity index (χ3v) is 18.0. The molecule has 3 N–H and O–H groups in total. The van der Waals surface area contributed by atoms with Crippen molar-refractivity contribution in [3.63, 3.8) is 0 Å². The van der Waals surface area contributed by atoms with Crippen LogP contribution in [0.3, 0.4) is 0 Å². The molecule has 0 saturated heterocycles. The van der Waals surface area contributed by atoms with Crippen LogP contribution in [0.5, 0.6) is 0 Å². The summed E-state index contributed by atoms with van der Waals surface area (Å²) in [5.74, 6) is 3.22. The van der Waals surface area contributed by atoms with Crippen molar-refractivity contribution in [2.45, 2.75) is 79.6 Å². The maximum atomic E-state index is 13.6. The molecular formula is C88H75Cl3N12O18. The number of nitrogen functional groups attached to an aromatic ring is 1. The molecule has 0 amide bonds. The van der Waals surface area contributed by atoms with Gasteiger partial charge in [0.25, 0.3) is 17.7 Å². The molecule has 0 spiro atoms. The van der Waals surface area contributed by atoms with Gasteiger partial charge < -0.3 is 29.0 Å². The molecule has 0 bridgehead atoms. The standard InChI is InChI=1S/2C26H20ClN3O2.C11H10N2O3.C11H12N2O.C8H7NO3.C3H6ClNO.3CO2/c2*1-16(2)17-8-10-19(11-9-17)25-28-22-23(29-32-24(22)18-6-4-3-5-7-18)26(31)30(25)21-14-12-20(27)13-15-21;1-2-9-10(13(14)15)11(16-12-9)8-6-4-3-5-7-8;1-2-9-10(12)11(14-13-9)8-6-4-3-5-7-8;10-8(6-9(11)12)7-4-2-1-3-5-7;1-2-3(4)5-6;3*2-1-3/h2*3-16H,1-2H3;3-7H,2H2,1H3;3-7H,2,12H2,1H3;1-5H,6H2;6H,2H2,1H3;;;/b;;;;;5-3-;;;. The van der Waals surface area contributed by atoms with Crippen LogP contribution < -0.4 is 16.9 Å². The van der Waals surface area contributed by atoms with Gasteiger partial charge >= 0.3 is 24.1 Å². The normalized spacial score (nSPS) is 10.3. The molecule has 0 radical (unpaired) electrons. The Hall–Kier alpha value is -15.2. The lowest BCUT2D eigenvalue weighted by Crippen LogP contribution is -2.22. The number of anilines is 1. The van der Waals surface area contributed by atoms with Gasteiger partial charge in [0.2, 0.25) is 11.5 Å². The van der Waals surface area contributed by atoms with Gasteiger partial charge in [-0.25, -0.2) is 9.97 Å². The highest BCUT2D eigenvalue weighted by Gasteiger charge is 2.28. The molecule has 9 aromatic carbocycles. The van der Waals surface area contributed by atoms with Crippen molar-refractivity contribution in [3.8, 4) is 79.4 Å². The van der Waals surface area contributed by atoms with Gasteiger partial charge in [0.05, 0.1) is 16.3 Å². The zero-order chi connectivity index (χ0) is 88.1. The number of nitrogens with zero attached hydrogens (tertiary/aromatic N) is 11. The summed E-state index contributed by atoms with van der Waals surface area (Å²) in [5.41, 5.74) is 17.4. The number of aryl methyl sites for hydroxylation is 2. The SMILES string of the molecule is CC(C)c1ccc(-c2nc3c(-c4ccccc4)onc3c(=O)n2-c2ccc(Cl)cc2)cc1.CC(C)c1ccc(-c2nc3c(-c4ccccc4)onc3c(=O)n2-c2ccc(Cl)cc2)cc1.CC/C(Cl)=N/O.CCc1noc(-c2ccccc2)c1N.CCc1noc(-c2ccccc2)c1[N+](=O)[O-].O=C(C[N+](=O)[O-])c1ccccc1.O=C=O.O=C=O.O=C=O. The molecule has 0 aliphatic rings. The number of carbonyl (C=O) groups excluding carboxylic acids is 7. The van der Waals surface area contributed by atoms with Crippen LogP contribution in [0.25, 0.3) is 102 Å². The van der Waals surface area contributed by atoms with Gasteiger partial charge in [0.15, 0.2) is 34.0 Å². The van der Waals surface area contributed by atoms with E-state index in [9.17, 15) is 34.6 Å². The number of hydrogen-bond donors (Lipinski definition) is 2. The molecule has 121 heavy (non-hydrogen) atoms. The van der Waals surface area contributed by atoms with Gasteiger partial charge in [-0.3, -0.25) is 43.7 Å². The first kappa shape index (κ1) is 93.0. The van der Waals surface area contributed by atoms with Crippen LogP contribution in [0, 0.1) is 20.2 Å². The quantitative estimate of drug-likeness (QED) is 0.0281. The van der Waals surface area contributed by atoms with Crippen molar-refractivity contribution in [3.05, 3.63) is 328 Å².